The van der Waals surface area contributed by atoms with Crippen molar-refractivity contribution in [2.24, 2.45) is 0 Å². The van der Waals surface area contributed by atoms with Gasteiger partial charge in [-0.2, -0.15) is 0 Å². The molecule has 1 unspecified atom stereocenters. The van der Waals surface area contributed by atoms with Crippen molar-refractivity contribution in [3.05, 3.63) is 11.5 Å². The summed E-state index contributed by atoms with van der Waals surface area (Å²) in [6.45, 7) is 11.2. The summed E-state index contributed by atoms with van der Waals surface area (Å²) in [7, 11) is 1.15. The number of hydrogen-bond donors (Lipinski definition) is 1. The van der Waals surface area contributed by atoms with Gasteiger partial charge in [0, 0.05) is 6.92 Å². The number of carbonyl (C=O) groups excluding carboxylic acids is 2. The Kier molecular flexibility index (Phi) is 4.84. The zero-order valence-corrected chi connectivity index (χ0v) is 15.0. The lowest BCUT2D eigenvalue weighted by molar-refractivity contribution is -0.127. The smallest absolute Gasteiger partial charge is 0.400 e. The van der Waals surface area contributed by atoms with E-state index in [-0.39, 0.29) is 29.9 Å². The van der Waals surface area contributed by atoms with Gasteiger partial charge >= 0.3 is 7.12 Å². The predicted molar refractivity (Wildman–Crippen MR) is 91.2 cm³/mol. The molecule has 1 heterocycles. The van der Waals surface area contributed by atoms with Crippen LogP contribution in [-0.4, -0.2) is 42.7 Å². The predicted octanol–water partition coefficient (Wildman–Crippen LogP) is 1.88. The summed E-state index contributed by atoms with van der Waals surface area (Å²) in [5.74, 6) is -0.187. The molecule has 0 aromatic carbocycles. The van der Waals surface area contributed by atoms with Crippen molar-refractivity contribution < 1.29 is 18.9 Å². The molecule has 125 valence electrons. The van der Waals surface area contributed by atoms with E-state index in [1.807, 2.05) is 33.8 Å². The van der Waals surface area contributed by atoms with Crippen LogP contribution in [0, 0.1) is 0 Å². The minimum Gasteiger partial charge on any atom is -0.400 e. The molecule has 1 amide bonds. The third-order valence-corrected chi connectivity index (χ3v) is 5.26. The van der Waals surface area contributed by atoms with E-state index in [2.05, 4.69) is 5.32 Å². The summed E-state index contributed by atoms with van der Waals surface area (Å²) in [5, 5.41) is 2.84. The molecule has 1 aliphatic heterocycles. The third-order valence-electron chi connectivity index (χ3n) is 5.26. The molecule has 0 spiro atoms. The van der Waals surface area contributed by atoms with Gasteiger partial charge in [0.05, 0.1) is 16.7 Å². The highest BCUT2D eigenvalue weighted by Crippen LogP contribution is 2.41. The van der Waals surface area contributed by atoms with Crippen LogP contribution in [0.4, 0.5) is 0 Å². The van der Waals surface area contributed by atoms with E-state index < -0.39 is 5.54 Å². The molecule has 1 aliphatic carbocycles. The first-order valence-corrected chi connectivity index (χ1v) is 8.20. The maximum atomic E-state index is 12.3. The van der Waals surface area contributed by atoms with Gasteiger partial charge in [0.15, 0.2) is 0 Å². The van der Waals surface area contributed by atoms with E-state index in [1.165, 1.54) is 14.2 Å². The van der Waals surface area contributed by atoms with E-state index in [1.54, 1.807) is 6.82 Å². The summed E-state index contributed by atoms with van der Waals surface area (Å²) in [5.41, 5.74) is -0.575. The molecule has 1 fully saturated rings. The monoisotopic (exact) mass is 318 g/mol. The molecule has 1 N–H and O–H groups in total. The van der Waals surface area contributed by atoms with Crippen LogP contribution in [-0.2, 0) is 18.9 Å². The van der Waals surface area contributed by atoms with E-state index in [4.69, 9.17) is 9.31 Å². The first-order chi connectivity index (χ1) is 10.5. The second-order valence-electron chi connectivity index (χ2n) is 7.49. The van der Waals surface area contributed by atoms with Crippen molar-refractivity contribution in [2.75, 3.05) is 0 Å². The molecule has 0 aromatic rings. The second kappa shape index (κ2) is 6.10. The van der Waals surface area contributed by atoms with Crippen molar-refractivity contribution >= 4 is 26.0 Å². The quantitative estimate of drug-likeness (QED) is 0.804. The van der Waals surface area contributed by atoms with E-state index in [0.717, 1.165) is 5.47 Å². The lowest BCUT2D eigenvalue weighted by atomic mass is 9.60. The van der Waals surface area contributed by atoms with Crippen LogP contribution in [0.25, 0.3) is 0 Å². The Hall–Kier alpha value is -1.07. The van der Waals surface area contributed by atoms with Crippen LogP contribution in [0.2, 0.25) is 6.82 Å². The molecule has 23 heavy (non-hydrogen) atoms. The number of hydrogen-bond acceptors (Lipinski definition) is 4. The SMILES string of the molecule is C[B]C(=O)C1(NC(C)=O)CC=C(B2OC(C)(C)C(C)(C)O2)CC1. The summed E-state index contributed by atoms with van der Waals surface area (Å²) < 4.78 is 12.1. The topological polar surface area (TPSA) is 64.6 Å². The highest BCUT2D eigenvalue weighted by molar-refractivity contribution is 6.74. The van der Waals surface area contributed by atoms with E-state index >= 15 is 0 Å². The highest BCUT2D eigenvalue weighted by atomic mass is 16.7. The van der Waals surface area contributed by atoms with Gasteiger partial charge in [-0.1, -0.05) is 12.9 Å². The molecule has 5 nitrogen and oxygen atoms in total. The van der Waals surface area contributed by atoms with Crippen LogP contribution in [0.1, 0.15) is 53.9 Å². The van der Waals surface area contributed by atoms with Crippen molar-refractivity contribution in [1.29, 1.82) is 0 Å². The normalized spacial score (nSPS) is 29.0. The summed E-state index contributed by atoms with van der Waals surface area (Å²) in [6.07, 6.45) is 3.68. The fraction of sp³-hybridized carbons (Fsp3) is 0.750. The Morgan fingerprint density at radius 1 is 1.22 bits per heavy atom. The number of carbonyl (C=O) groups is 2. The Morgan fingerprint density at radius 3 is 2.17 bits per heavy atom. The Bertz CT molecular complexity index is 528. The number of amides is 1. The molecular weight excluding hydrogens is 292 g/mol. The van der Waals surface area contributed by atoms with E-state index in [0.29, 0.717) is 19.3 Å². The molecular formula is C16H26B2NO4. The van der Waals surface area contributed by atoms with Crippen molar-refractivity contribution in [1.82, 2.24) is 5.32 Å². The Labute approximate surface area is 139 Å². The van der Waals surface area contributed by atoms with Crippen molar-refractivity contribution in [3.63, 3.8) is 0 Å². The first-order valence-electron chi connectivity index (χ1n) is 8.20. The minimum atomic E-state index is -0.826. The Morgan fingerprint density at radius 2 is 1.78 bits per heavy atom. The second-order valence-corrected chi connectivity index (χ2v) is 7.49. The molecule has 0 aromatic heterocycles. The van der Waals surface area contributed by atoms with Crippen LogP contribution in [0.3, 0.4) is 0 Å². The highest BCUT2D eigenvalue weighted by Gasteiger charge is 2.53. The number of allylic oxidation sites excluding steroid dienone is 1. The van der Waals surface area contributed by atoms with Gasteiger partial charge in [-0.15, -0.1) is 0 Å². The van der Waals surface area contributed by atoms with Crippen molar-refractivity contribution in [2.45, 2.75) is 77.4 Å². The lowest BCUT2D eigenvalue weighted by Crippen LogP contribution is -2.56. The van der Waals surface area contributed by atoms with Gasteiger partial charge in [-0.3, -0.25) is 4.79 Å². The largest absolute Gasteiger partial charge is 0.490 e. The summed E-state index contributed by atoms with van der Waals surface area (Å²) >= 11 is 0. The maximum Gasteiger partial charge on any atom is 0.490 e. The van der Waals surface area contributed by atoms with Gasteiger partial charge in [-0.25, -0.2) is 0 Å². The average molecular weight is 318 g/mol. The van der Waals surface area contributed by atoms with Gasteiger partial charge in [0.2, 0.25) is 13.2 Å². The average Bonchev–Trinajstić information content (AvgIpc) is 2.66. The van der Waals surface area contributed by atoms with Crippen LogP contribution in [0.15, 0.2) is 11.5 Å². The number of nitrogens with one attached hydrogen (secondary N) is 1. The molecule has 2 rings (SSSR count). The van der Waals surface area contributed by atoms with Crippen LogP contribution >= 0.6 is 0 Å². The van der Waals surface area contributed by atoms with Gasteiger partial charge in [0.25, 0.3) is 0 Å². The van der Waals surface area contributed by atoms with Gasteiger partial charge in [-0.05, 0) is 52.4 Å². The van der Waals surface area contributed by atoms with Crippen molar-refractivity contribution in [3.8, 4) is 0 Å². The fourth-order valence-electron chi connectivity index (χ4n) is 3.09. The molecule has 0 saturated carbocycles. The molecule has 1 atom stereocenters. The molecule has 1 radical (unpaired) electrons. The summed E-state index contributed by atoms with van der Waals surface area (Å²) in [4.78, 5) is 23.8. The fourth-order valence-corrected chi connectivity index (χ4v) is 3.09. The van der Waals surface area contributed by atoms with Crippen LogP contribution in [0.5, 0.6) is 0 Å². The molecule has 0 bridgehead atoms. The molecule has 7 heteroatoms. The number of rotatable bonds is 4. The third kappa shape index (κ3) is 3.41. The van der Waals surface area contributed by atoms with Gasteiger partial charge < -0.3 is 19.4 Å². The first kappa shape index (κ1) is 18.3. The maximum absolute atomic E-state index is 12.3. The minimum absolute atomic E-state index is 0.0445. The Balaban J connectivity index is 2.17. The van der Waals surface area contributed by atoms with Crippen LogP contribution < -0.4 is 5.32 Å². The lowest BCUT2D eigenvalue weighted by Gasteiger charge is -2.36. The molecule has 1 saturated heterocycles. The molecule has 2 aliphatic rings. The zero-order valence-electron chi connectivity index (χ0n) is 15.0. The van der Waals surface area contributed by atoms with Gasteiger partial charge in [0.1, 0.15) is 5.68 Å². The van der Waals surface area contributed by atoms with E-state index in [9.17, 15) is 9.59 Å². The standard InChI is InChI=1S/C16H26B2NO4/c1-11(20)19-16(13(21)17-6)9-7-12(8-10-16)18-22-14(2,3)15(4,5)23-18/h7H,8-10H2,1-6H3,(H,19,20). The zero-order chi connectivity index (χ0) is 17.5. The summed E-state index contributed by atoms with van der Waals surface area (Å²) in [6, 6.07) is 0.